The summed E-state index contributed by atoms with van der Waals surface area (Å²) in [7, 11) is 0. The first-order chi connectivity index (χ1) is 4.70. The molecule has 0 aliphatic carbocycles. The fourth-order valence-electron chi connectivity index (χ4n) is 1.31. The third-order valence-electron chi connectivity index (χ3n) is 2.00. The van der Waals surface area contributed by atoms with E-state index < -0.39 is 0 Å². The molecular formula is C9H21NO. The number of morpholine rings is 1. The van der Waals surface area contributed by atoms with Gasteiger partial charge in [-0.1, -0.05) is 7.43 Å². The monoisotopic (exact) mass is 159 g/mol. The molecule has 0 aromatic carbocycles. The molecule has 11 heavy (non-hydrogen) atoms. The van der Waals surface area contributed by atoms with E-state index >= 15 is 0 Å². The van der Waals surface area contributed by atoms with Gasteiger partial charge in [0.15, 0.2) is 0 Å². The molecule has 1 rings (SSSR count). The molecule has 1 atom stereocenters. The predicted molar refractivity (Wildman–Crippen MR) is 48.9 cm³/mol. The number of nitrogens with zero attached hydrogens (tertiary/aromatic N) is 1. The van der Waals surface area contributed by atoms with Crippen LogP contribution in [-0.2, 0) is 4.74 Å². The van der Waals surface area contributed by atoms with E-state index in [-0.39, 0.29) is 7.43 Å². The fourth-order valence-corrected chi connectivity index (χ4v) is 1.31. The third kappa shape index (κ3) is 3.21. The highest BCUT2D eigenvalue weighted by molar-refractivity contribution is 4.70. The largest absolute Gasteiger partial charge is 0.376 e. The molecule has 1 unspecified atom stereocenters. The Labute approximate surface area is 70.5 Å². The van der Waals surface area contributed by atoms with Crippen LogP contribution in [0.15, 0.2) is 0 Å². The van der Waals surface area contributed by atoms with E-state index in [4.69, 9.17) is 4.74 Å². The lowest BCUT2D eigenvalue weighted by Crippen LogP contribution is -2.44. The molecule has 0 saturated carbocycles. The summed E-state index contributed by atoms with van der Waals surface area (Å²) in [4.78, 5) is 2.45. The lowest BCUT2D eigenvalue weighted by Gasteiger charge is -2.33. The van der Waals surface area contributed by atoms with Gasteiger partial charge in [-0.3, -0.25) is 4.90 Å². The van der Waals surface area contributed by atoms with Crippen molar-refractivity contribution in [2.24, 2.45) is 0 Å². The first-order valence-electron chi connectivity index (χ1n) is 4.06. The van der Waals surface area contributed by atoms with Crippen molar-refractivity contribution in [2.45, 2.75) is 40.3 Å². The fraction of sp³-hybridized carbons (Fsp3) is 1.00. The van der Waals surface area contributed by atoms with Crippen LogP contribution in [0.2, 0.25) is 0 Å². The van der Waals surface area contributed by atoms with Crippen LogP contribution in [0.3, 0.4) is 0 Å². The van der Waals surface area contributed by atoms with Gasteiger partial charge < -0.3 is 4.74 Å². The number of hydrogen-bond donors (Lipinski definition) is 0. The van der Waals surface area contributed by atoms with Crippen LogP contribution in [0.1, 0.15) is 28.2 Å². The van der Waals surface area contributed by atoms with Crippen LogP contribution in [0, 0.1) is 0 Å². The molecule has 1 aliphatic rings. The number of rotatable bonds is 1. The molecule has 0 amide bonds. The summed E-state index contributed by atoms with van der Waals surface area (Å²) in [6, 6.07) is 0.673. The summed E-state index contributed by atoms with van der Waals surface area (Å²) in [5, 5.41) is 0. The first kappa shape index (κ1) is 10.9. The second-order valence-electron chi connectivity index (χ2n) is 3.27. The van der Waals surface area contributed by atoms with Gasteiger partial charge in [-0.2, -0.15) is 0 Å². The number of ether oxygens (including phenoxy) is 1. The minimum atomic E-state index is 0. The van der Waals surface area contributed by atoms with Crippen LogP contribution in [-0.4, -0.2) is 36.7 Å². The Bertz CT molecular complexity index is 104. The van der Waals surface area contributed by atoms with E-state index in [1.165, 1.54) is 0 Å². The third-order valence-corrected chi connectivity index (χ3v) is 2.00. The molecule has 68 valence electrons. The SMILES string of the molecule is C.CC1CN(C(C)C)CCO1. The Morgan fingerprint density at radius 1 is 1.45 bits per heavy atom. The Balaban J connectivity index is 0.000001000. The molecule has 2 nitrogen and oxygen atoms in total. The van der Waals surface area contributed by atoms with E-state index in [0.717, 1.165) is 19.7 Å². The highest BCUT2D eigenvalue weighted by Gasteiger charge is 2.17. The molecule has 1 fully saturated rings. The maximum Gasteiger partial charge on any atom is 0.0674 e. The Kier molecular flexibility index (Phi) is 4.69. The van der Waals surface area contributed by atoms with Gasteiger partial charge in [0.05, 0.1) is 12.7 Å². The van der Waals surface area contributed by atoms with Crippen molar-refractivity contribution >= 4 is 0 Å². The smallest absolute Gasteiger partial charge is 0.0674 e. The average Bonchev–Trinajstić information content (AvgIpc) is 1.88. The molecule has 1 aliphatic heterocycles. The van der Waals surface area contributed by atoms with Crippen LogP contribution in [0.25, 0.3) is 0 Å². The number of hydrogen-bond acceptors (Lipinski definition) is 2. The second-order valence-corrected chi connectivity index (χ2v) is 3.27. The van der Waals surface area contributed by atoms with Crippen LogP contribution in [0.4, 0.5) is 0 Å². The minimum Gasteiger partial charge on any atom is -0.376 e. The first-order valence-corrected chi connectivity index (χ1v) is 4.06. The van der Waals surface area contributed by atoms with Gasteiger partial charge in [0, 0.05) is 19.1 Å². The lowest BCUT2D eigenvalue weighted by atomic mass is 10.2. The van der Waals surface area contributed by atoms with E-state index in [2.05, 4.69) is 25.7 Å². The summed E-state index contributed by atoms with van der Waals surface area (Å²) in [6.07, 6.45) is 0.427. The molecule has 1 saturated heterocycles. The molecule has 1 heterocycles. The molecule has 0 radical (unpaired) electrons. The Morgan fingerprint density at radius 2 is 2.09 bits per heavy atom. The topological polar surface area (TPSA) is 12.5 Å². The maximum absolute atomic E-state index is 5.42. The van der Waals surface area contributed by atoms with E-state index in [9.17, 15) is 0 Å². The van der Waals surface area contributed by atoms with E-state index in [1.54, 1.807) is 0 Å². The van der Waals surface area contributed by atoms with Crippen LogP contribution >= 0.6 is 0 Å². The molecule has 0 spiro atoms. The average molecular weight is 159 g/mol. The second kappa shape index (κ2) is 4.73. The van der Waals surface area contributed by atoms with E-state index in [0.29, 0.717) is 12.1 Å². The van der Waals surface area contributed by atoms with Gasteiger partial charge in [-0.25, -0.2) is 0 Å². The standard InChI is InChI=1S/C8H17NO.CH4/c1-7(2)9-4-5-10-8(3)6-9;/h7-8H,4-6H2,1-3H3;1H4. The zero-order chi connectivity index (χ0) is 7.56. The van der Waals surface area contributed by atoms with E-state index in [1.807, 2.05) is 0 Å². The lowest BCUT2D eigenvalue weighted by molar-refractivity contribution is -0.0288. The van der Waals surface area contributed by atoms with Crippen molar-refractivity contribution in [1.29, 1.82) is 0 Å². The van der Waals surface area contributed by atoms with Crippen molar-refractivity contribution in [2.75, 3.05) is 19.7 Å². The van der Waals surface area contributed by atoms with Crippen LogP contribution < -0.4 is 0 Å². The summed E-state index contributed by atoms with van der Waals surface area (Å²) in [5.74, 6) is 0. The molecule has 0 bridgehead atoms. The highest BCUT2D eigenvalue weighted by Crippen LogP contribution is 2.07. The Hall–Kier alpha value is -0.0800. The van der Waals surface area contributed by atoms with Crippen molar-refractivity contribution in [1.82, 2.24) is 4.90 Å². The highest BCUT2D eigenvalue weighted by atomic mass is 16.5. The van der Waals surface area contributed by atoms with Crippen LogP contribution in [0.5, 0.6) is 0 Å². The zero-order valence-corrected chi connectivity index (χ0v) is 7.13. The molecule has 0 aromatic heterocycles. The van der Waals surface area contributed by atoms with Gasteiger partial charge in [-0.15, -0.1) is 0 Å². The predicted octanol–water partition coefficient (Wildman–Crippen LogP) is 1.75. The quantitative estimate of drug-likeness (QED) is 0.578. The van der Waals surface area contributed by atoms with Gasteiger partial charge in [0.1, 0.15) is 0 Å². The van der Waals surface area contributed by atoms with Gasteiger partial charge in [0.2, 0.25) is 0 Å². The van der Waals surface area contributed by atoms with Gasteiger partial charge in [0.25, 0.3) is 0 Å². The van der Waals surface area contributed by atoms with Crippen molar-refractivity contribution < 1.29 is 4.74 Å². The minimum absolute atomic E-state index is 0. The Morgan fingerprint density at radius 3 is 2.45 bits per heavy atom. The van der Waals surface area contributed by atoms with Gasteiger partial charge >= 0.3 is 0 Å². The molecular weight excluding hydrogens is 138 g/mol. The summed E-state index contributed by atoms with van der Waals surface area (Å²) in [6.45, 7) is 9.70. The normalized spacial score (nSPS) is 26.7. The summed E-state index contributed by atoms with van der Waals surface area (Å²) in [5.41, 5.74) is 0. The van der Waals surface area contributed by atoms with Gasteiger partial charge in [-0.05, 0) is 20.8 Å². The van der Waals surface area contributed by atoms with Crippen molar-refractivity contribution in [3.63, 3.8) is 0 Å². The van der Waals surface area contributed by atoms with Crippen molar-refractivity contribution in [3.8, 4) is 0 Å². The maximum atomic E-state index is 5.42. The van der Waals surface area contributed by atoms with Crippen molar-refractivity contribution in [3.05, 3.63) is 0 Å². The zero-order valence-electron chi connectivity index (χ0n) is 7.13. The molecule has 0 N–H and O–H groups in total. The molecule has 0 aromatic rings. The summed E-state index contributed by atoms with van der Waals surface area (Å²) < 4.78 is 5.42. The summed E-state index contributed by atoms with van der Waals surface area (Å²) >= 11 is 0. The molecule has 2 heteroatoms.